The second kappa shape index (κ2) is 9.03. The normalized spacial score (nSPS) is 15.2. The molecule has 26 heavy (non-hydrogen) atoms. The molecule has 0 spiro atoms. The molecular weight excluding hydrogens is 333 g/mol. The highest BCUT2D eigenvalue weighted by atomic mass is 19.1. The van der Waals surface area contributed by atoms with Crippen molar-refractivity contribution in [3.05, 3.63) is 41.3 Å². The summed E-state index contributed by atoms with van der Waals surface area (Å²) in [5.41, 5.74) is 1.41. The van der Waals surface area contributed by atoms with E-state index in [1.165, 1.54) is 38.2 Å². The van der Waals surface area contributed by atoms with Crippen molar-refractivity contribution in [3.63, 3.8) is 0 Å². The average Bonchev–Trinajstić information content (AvgIpc) is 3.03. The van der Waals surface area contributed by atoms with E-state index in [9.17, 15) is 4.39 Å². The Morgan fingerprint density at radius 3 is 2.77 bits per heavy atom. The Kier molecular flexibility index (Phi) is 6.50. The molecule has 1 fully saturated rings. The minimum Gasteiger partial charge on any atom is -0.497 e. The summed E-state index contributed by atoms with van der Waals surface area (Å²) in [4.78, 5) is 0. The lowest BCUT2D eigenvalue weighted by Gasteiger charge is -2.22. The number of benzene rings is 1. The van der Waals surface area contributed by atoms with Crippen molar-refractivity contribution in [1.82, 2.24) is 15.1 Å². The summed E-state index contributed by atoms with van der Waals surface area (Å²) < 4.78 is 27.1. The second-order valence-electron chi connectivity index (χ2n) is 6.94. The summed E-state index contributed by atoms with van der Waals surface area (Å²) in [5, 5.41) is 7.79. The Morgan fingerprint density at radius 1 is 1.23 bits per heavy atom. The predicted molar refractivity (Wildman–Crippen MR) is 98.8 cm³/mol. The third-order valence-electron chi connectivity index (χ3n) is 4.94. The van der Waals surface area contributed by atoms with E-state index in [2.05, 4.69) is 10.4 Å². The van der Waals surface area contributed by atoms with Gasteiger partial charge in [0.05, 0.1) is 12.8 Å². The van der Waals surface area contributed by atoms with Crippen LogP contribution in [0.3, 0.4) is 0 Å². The molecule has 0 bridgehead atoms. The molecule has 0 radical (unpaired) electrons. The van der Waals surface area contributed by atoms with E-state index < -0.39 is 0 Å². The number of rotatable bonds is 8. The summed E-state index contributed by atoms with van der Waals surface area (Å²) >= 11 is 0. The van der Waals surface area contributed by atoms with Crippen molar-refractivity contribution in [2.24, 2.45) is 5.92 Å². The lowest BCUT2D eigenvalue weighted by molar-refractivity contribution is 0.242. The molecule has 0 amide bonds. The van der Waals surface area contributed by atoms with Gasteiger partial charge in [-0.05, 0) is 44.0 Å². The molecule has 1 N–H and O–H groups in total. The number of hydrogen-bond donors (Lipinski definition) is 1. The third kappa shape index (κ3) is 4.75. The molecule has 2 aromatic rings. The largest absolute Gasteiger partial charge is 0.497 e. The number of nitrogens with one attached hydrogen (secondary N) is 1. The number of methoxy groups -OCH3 is 1. The molecule has 1 aliphatic carbocycles. The number of halogens is 1. The van der Waals surface area contributed by atoms with Crippen molar-refractivity contribution < 1.29 is 13.9 Å². The first-order valence-corrected chi connectivity index (χ1v) is 9.36. The van der Waals surface area contributed by atoms with Crippen molar-refractivity contribution in [2.75, 3.05) is 14.2 Å². The quantitative estimate of drug-likeness (QED) is 0.774. The molecule has 1 aliphatic rings. The van der Waals surface area contributed by atoms with Gasteiger partial charge in [-0.25, -0.2) is 9.07 Å². The average molecular weight is 361 g/mol. The van der Waals surface area contributed by atoms with Gasteiger partial charge in [-0.2, -0.15) is 5.10 Å². The smallest absolute Gasteiger partial charge is 0.212 e. The minimum absolute atomic E-state index is 0.151. The topological polar surface area (TPSA) is 48.3 Å². The number of ether oxygens (including phenoxy) is 2. The fourth-order valence-corrected chi connectivity index (χ4v) is 3.52. The van der Waals surface area contributed by atoms with Gasteiger partial charge in [-0.3, -0.25) is 0 Å². The van der Waals surface area contributed by atoms with Crippen LogP contribution in [0.25, 0.3) is 0 Å². The lowest BCUT2D eigenvalue weighted by Crippen LogP contribution is -2.16. The summed E-state index contributed by atoms with van der Waals surface area (Å²) in [6.45, 7) is 1.69. The molecule has 0 saturated heterocycles. The van der Waals surface area contributed by atoms with Crippen LogP contribution in [0, 0.1) is 11.7 Å². The summed E-state index contributed by atoms with van der Waals surface area (Å²) in [6.07, 6.45) is 6.40. The molecule has 142 valence electrons. The van der Waals surface area contributed by atoms with E-state index in [4.69, 9.17) is 9.47 Å². The molecule has 1 aromatic carbocycles. The van der Waals surface area contributed by atoms with Crippen molar-refractivity contribution in [3.8, 4) is 11.6 Å². The van der Waals surface area contributed by atoms with Gasteiger partial charge in [0.15, 0.2) is 0 Å². The molecule has 1 saturated carbocycles. The first-order chi connectivity index (χ1) is 12.7. The van der Waals surface area contributed by atoms with Crippen molar-refractivity contribution >= 4 is 0 Å². The zero-order valence-corrected chi connectivity index (χ0v) is 15.6. The highest BCUT2D eigenvalue weighted by Gasteiger charge is 2.18. The standard InChI is InChI=1S/C20H28FN3O2/c1-22-12-17-11-20(24(23-17)13-15-6-4-3-5-7-15)26-14-16-10-18(25-2)8-9-19(16)21/h8-11,15,22H,3-7,12-14H2,1-2H3. The number of nitrogens with zero attached hydrogens (tertiary/aromatic N) is 2. The highest BCUT2D eigenvalue weighted by Crippen LogP contribution is 2.27. The van der Waals surface area contributed by atoms with Gasteiger partial charge >= 0.3 is 0 Å². The summed E-state index contributed by atoms with van der Waals surface area (Å²) in [7, 11) is 3.47. The van der Waals surface area contributed by atoms with Gasteiger partial charge in [-0.15, -0.1) is 0 Å². The molecular formula is C20H28FN3O2. The van der Waals surface area contributed by atoms with Gasteiger partial charge in [-0.1, -0.05) is 19.3 Å². The molecule has 6 heteroatoms. The zero-order valence-electron chi connectivity index (χ0n) is 15.6. The van der Waals surface area contributed by atoms with E-state index in [1.54, 1.807) is 19.2 Å². The van der Waals surface area contributed by atoms with E-state index in [1.807, 2.05) is 17.8 Å². The Hall–Kier alpha value is -2.08. The van der Waals surface area contributed by atoms with Gasteiger partial charge in [0.25, 0.3) is 0 Å². The van der Waals surface area contributed by atoms with Crippen LogP contribution in [0.1, 0.15) is 43.4 Å². The molecule has 0 aliphatic heterocycles. The van der Waals surface area contributed by atoms with E-state index in [0.717, 1.165) is 12.2 Å². The van der Waals surface area contributed by atoms with Crippen LogP contribution >= 0.6 is 0 Å². The first kappa shape index (κ1) is 18.7. The fourth-order valence-electron chi connectivity index (χ4n) is 3.52. The Labute approximate surface area is 154 Å². The van der Waals surface area contributed by atoms with Crippen LogP contribution in [0.15, 0.2) is 24.3 Å². The second-order valence-corrected chi connectivity index (χ2v) is 6.94. The van der Waals surface area contributed by atoms with Crippen molar-refractivity contribution in [1.29, 1.82) is 0 Å². The van der Waals surface area contributed by atoms with Gasteiger partial charge in [0.2, 0.25) is 5.88 Å². The molecule has 0 atom stereocenters. The first-order valence-electron chi connectivity index (χ1n) is 9.36. The predicted octanol–water partition coefficient (Wildman–Crippen LogP) is 3.91. The van der Waals surface area contributed by atoms with Gasteiger partial charge in [0, 0.05) is 24.7 Å². The van der Waals surface area contributed by atoms with Crippen molar-refractivity contribution in [2.45, 2.75) is 51.8 Å². The molecule has 1 aromatic heterocycles. The zero-order chi connectivity index (χ0) is 18.4. The van der Waals surface area contributed by atoms with Gasteiger partial charge < -0.3 is 14.8 Å². The Morgan fingerprint density at radius 2 is 2.04 bits per heavy atom. The SMILES string of the molecule is CNCc1cc(OCc2cc(OC)ccc2F)n(CC2CCCCC2)n1. The van der Waals surface area contributed by atoms with E-state index in [0.29, 0.717) is 29.7 Å². The lowest BCUT2D eigenvalue weighted by atomic mass is 9.89. The molecule has 3 rings (SSSR count). The number of aromatic nitrogens is 2. The van der Waals surface area contributed by atoms with Crippen LogP contribution in [0.4, 0.5) is 4.39 Å². The maximum Gasteiger partial charge on any atom is 0.212 e. The molecule has 5 nitrogen and oxygen atoms in total. The van der Waals surface area contributed by atoms with Crippen LogP contribution in [-0.2, 0) is 19.7 Å². The maximum absolute atomic E-state index is 14.0. The highest BCUT2D eigenvalue weighted by molar-refractivity contribution is 5.30. The summed E-state index contributed by atoms with van der Waals surface area (Å²) in [5.74, 6) is 1.67. The fraction of sp³-hybridized carbons (Fsp3) is 0.550. The Bertz CT molecular complexity index is 711. The van der Waals surface area contributed by atoms with Crippen LogP contribution in [0.2, 0.25) is 0 Å². The van der Waals surface area contributed by atoms with Crippen LogP contribution < -0.4 is 14.8 Å². The van der Waals surface area contributed by atoms with Gasteiger partial charge in [0.1, 0.15) is 18.2 Å². The van der Waals surface area contributed by atoms with Crippen LogP contribution in [-0.4, -0.2) is 23.9 Å². The monoisotopic (exact) mass is 361 g/mol. The Balaban J connectivity index is 1.73. The van der Waals surface area contributed by atoms with Crippen LogP contribution in [0.5, 0.6) is 11.6 Å². The third-order valence-corrected chi connectivity index (χ3v) is 4.94. The molecule has 1 heterocycles. The van der Waals surface area contributed by atoms with E-state index in [-0.39, 0.29) is 12.4 Å². The maximum atomic E-state index is 14.0. The summed E-state index contributed by atoms with van der Waals surface area (Å²) in [6, 6.07) is 6.63. The minimum atomic E-state index is -0.292. The van der Waals surface area contributed by atoms with E-state index >= 15 is 0 Å². The molecule has 0 unspecified atom stereocenters. The number of hydrogen-bond acceptors (Lipinski definition) is 4.